The van der Waals surface area contributed by atoms with Crippen molar-refractivity contribution < 1.29 is 140 Å². The molecule has 0 radical (unpaired) electrons. The largest absolute Gasteiger partial charge is 1.00 e. The van der Waals surface area contributed by atoms with Crippen LogP contribution in [0.2, 0.25) is 0 Å². The Morgan fingerprint density at radius 1 is 0.708 bits per heavy atom. The molecule has 0 aliphatic rings. The Balaban J connectivity index is -0.00000132. The van der Waals surface area contributed by atoms with Gasteiger partial charge in [0.25, 0.3) is 20.2 Å². The molecule has 0 unspecified atom stereocenters. The zero-order chi connectivity index (χ0) is 16.7. The maximum Gasteiger partial charge on any atom is 1.00 e. The zero-order valence-corrected chi connectivity index (χ0v) is 20.4. The molecule has 2 aromatic rings. The summed E-state index contributed by atoms with van der Waals surface area (Å²) in [7, 11) is -9.65. The fourth-order valence-corrected chi connectivity index (χ4v) is 2.94. The summed E-state index contributed by atoms with van der Waals surface area (Å²) < 4.78 is 88.7. The van der Waals surface area contributed by atoms with Crippen molar-refractivity contribution in [2.45, 2.75) is 9.79 Å². The molecule has 0 heterocycles. The van der Waals surface area contributed by atoms with Crippen molar-refractivity contribution >= 4 is 20.2 Å². The van der Waals surface area contributed by atoms with Gasteiger partial charge in [0.15, 0.2) is 0 Å². The second-order valence-corrected chi connectivity index (χ2v) is 7.02. The Labute approximate surface area is 225 Å². The van der Waals surface area contributed by atoms with E-state index in [4.69, 9.17) is 9.11 Å². The van der Waals surface area contributed by atoms with Crippen molar-refractivity contribution in [2.75, 3.05) is 0 Å². The van der Waals surface area contributed by atoms with Gasteiger partial charge in [-0.2, -0.15) is 16.8 Å². The molecule has 0 aliphatic carbocycles. The molecule has 122 valence electrons. The first-order chi connectivity index (χ1) is 10.00. The van der Waals surface area contributed by atoms with Gasteiger partial charge in [0, 0.05) is 0 Å². The Hall–Kier alpha value is 1.39. The third-order valence-electron chi connectivity index (χ3n) is 2.75. The third kappa shape index (κ3) is 6.23. The molecule has 0 aromatic heterocycles. The number of hydrogen-bond acceptors (Lipinski definition) is 4. The topological polar surface area (TPSA) is 109 Å². The standard InChI is InChI=1S/C12H8F2O6S2.2K.2H/c13-9-3-1-7(5-11(9)21(15,16)17)8-2-4-10(14)12(6-8)22(18,19)20;;;;/h1-6H,(H,15,16,17)(H,18,19,20);;;;/q;2*+1;2*-1. The minimum atomic E-state index is -4.83. The quantitative estimate of drug-likeness (QED) is 0.384. The molecule has 0 amide bonds. The predicted molar refractivity (Wildman–Crippen MR) is 73.6 cm³/mol. The molecule has 0 saturated carbocycles. The van der Waals surface area contributed by atoms with Crippen LogP contribution in [0.4, 0.5) is 8.78 Å². The number of benzene rings is 2. The molecule has 0 bridgehead atoms. The van der Waals surface area contributed by atoms with E-state index in [-0.39, 0.29) is 117 Å². The molecule has 2 aromatic carbocycles. The number of hydrogen-bond donors (Lipinski definition) is 2. The van der Waals surface area contributed by atoms with Crippen LogP contribution in [0.3, 0.4) is 0 Å². The maximum absolute atomic E-state index is 13.4. The second kappa shape index (κ2) is 9.55. The van der Waals surface area contributed by atoms with Gasteiger partial charge < -0.3 is 2.85 Å². The van der Waals surface area contributed by atoms with E-state index in [9.17, 15) is 25.6 Å². The van der Waals surface area contributed by atoms with Gasteiger partial charge in [-0.05, 0) is 35.4 Å². The summed E-state index contributed by atoms with van der Waals surface area (Å²) in [5.74, 6) is -2.41. The average Bonchev–Trinajstić information content (AvgIpc) is 2.37. The van der Waals surface area contributed by atoms with Crippen LogP contribution in [0, 0.1) is 11.6 Å². The van der Waals surface area contributed by atoms with E-state index in [2.05, 4.69) is 0 Å². The van der Waals surface area contributed by atoms with Gasteiger partial charge >= 0.3 is 103 Å². The summed E-state index contributed by atoms with van der Waals surface area (Å²) in [4.78, 5) is -2.02. The van der Waals surface area contributed by atoms with Crippen molar-refractivity contribution in [1.82, 2.24) is 0 Å². The molecular formula is C12H10F2K2O6S2. The first kappa shape index (κ1) is 25.4. The van der Waals surface area contributed by atoms with Crippen LogP contribution in [0.15, 0.2) is 46.2 Å². The normalized spacial score (nSPS) is 11.3. The predicted octanol–water partition coefficient (Wildman–Crippen LogP) is -3.64. The summed E-state index contributed by atoms with van der Waals surface area (Å²) in [6.07, 6.45) is 0. The van der Waals surface area contributed by atoms with E-state index < -0.39 is 41.7 Å². The van der Waals surface area contributed by atoms with E-state index in [1.54, 1.807) is 0 Å². The molecule has 0 saturated heterocycles. The number of rotatable bonds is 3. The van der Waals surface area contributed by atoms with Gasteiger partial charge in [-0.15, -0.1) is 0 Å². The molecule has 2 rings (SSSR count). The van der Waals surface area contributed by atoms with Gasteiger partial charge in [0.05, 0.1) is 0 Å². The fourth-order valence-electron chi connectivity index (χ4n) is 1.76. The number of halogens is 2. The molecular weight excluding hydrogens is 420 g/mol. The maximum atomic E-state index is 13.4. The van der Waals surface area contributed by atoms with Gasteiger partial charge in [0.2, 0.25) is 0 Å². The van der Waals surface area contributed by atoms with Crippen LogP contribution in [0.5, 0.6) is 0 Å². The van der Waals surface area contributed by atoms with Gasteiger partial charge in [-0.3, -0.25) is 9.11 Å². The minimum Gasteiger partial charge on any atom is -1.00 e. The average molecular weight is 431 g/mol. The van der Waals surface area contributed by atoms with Crippen molar-refractivity contribution in [3.63, 3.8) is 0 Å². The molecule has 24 heavy (non-hydrogen) atoms. The van der Waals surface area contributed by atoms with Crippen molar-refractivity contribution in [3.8, 4) is 11.1 Å². The SMILES string of the molecule is O=S(=O)(O)c1cc(-c2ccc(F)c(S(=O)(=O)O)c2)ccc1F.[H-].[H-].[K+].[K+]. The zero-order valence-electron chi connectivity index (χ0n) is 14.6. The molecule has 0 fully saturated rings. The van der Waals surface area contributed by atoms with E-state index in [0.29, 0.717) is 0 Å². The van der Waals surface area contributed by atoms with Gasteiger partial charge in [-0.1, -0.05) is 12.1 Å². The molecule has 0 aliphatic heterocycles. The van der Waals surface area contributed by atoms with Crippen molar-refractivity contribution in [2.24, 2.45) is 0 Å². The molecule has 6 nitrogen and oxygen atoms in total. The third-order valence-corrected chi connectivity index (χ3v) is 4.49. The van der Waals surface area contributed by atoms with Gasteiger partial charge in [-0.25, -0.2) is 8.78 Å². The smallest absolute Gasteiger partial charge is 1.00 e. The van der Waals surface area contributed by atoms with E-state index >= 15 is 0 Å². The molecule has 12 heteroatoms. The van der Waals surface area contributed by atoms with Crippen molar-refractivity contribution in [1.29, 1.82) is 0 Å². The summed E-state index contributed by atoms with van der Waals surface area (Å²) in [5.41, 5.74) is -0.00199. The van der Waals surface area contributed by atoms with Crippen LogP contribution in [0.25, 0.3) is 11.1 Å². The summed E-state index contributed by atoms with van der Waals surface area (Å²) >= 11 is 0. The van der Waals surface area contributed by atoms with E-state index in [1.165, 1.54) is 0 Å². The first-order valence-electron chi connectivity index (χ1n) is 5.54. The Morgan fingerprint density at radius 2 is 1.00 bits per heavy atom. The summed E-state index contributed by atoms with van der Waals surface area (Å²) in [6, 6.07) is 5.21. The fraction of sp³-hybridized carbons (Fsp3) is 0. The van der Waals surface area contributed by atoms with Crippen LogP contribution < -0.4 is 103 Å². The first-order valence-corrected chi connectivity index (χ1v) is 8.42. The monoisotopic (exact) mass is 430 g/mol. The Bertz CT molecular complexity index is 892. The van der Waals surface area contributed by atoms with Crippen molar-refractivity contribution in [3.05, 3.63) is 48.0 Å². The second-order valence-electron chi connectivity index (χ2n) is 4.24. The van der Waals surface area contributed by atoms with E-state index in [0.717, 1.165) is 36.4 Å². The molecule has 0 spiro atoms. The van der Waals surface area contributed by atoms with Crippen LogP contribution in [-0.2, 0) is 20.2 Å². The Kier molecular flexibility index (Phi) is 10.1. The van der Waals surface area contributed by atoms with Crippen LogP contribution in [-0.4, -0.2) is 25.9 Å². The summed E-state index contributed by atoms with van der Waals surface area (Å²) in [5, 5.41) is 0. The minimum absolute atomic E-state index is 0. The van der Waals surface area contributed by atoms with E-state index in [1.807, 2.05) is 0 Å². The molecule has 2 N–H and O–H groups in total. The van der Waals surface area contributed by atoms with Gasteiger partial charge in [0.1, 0.15) is 21.4 Å². The Morgan fingerprint density at radius 3 is 1.25 bits per heavy atom. The molecule has 0 atom stereocenters. The van der Waals surface area contributed by atoms with Crippen LogP contribution in [0.1, 0.15) is 2.85 Å². The summed E-state index contributed by atoms with van der Waals surface area (Å²) in [6.45, 7) is 0. The van der Waals surface area contributed by atoms with Crippen LogP contribution >= 0.6 is 0 Å².